The van der Waals surface area contributed by atoms with Crippen LogP contribution >= 0.6 is 11.3 Å². The molecule has 1 aliphatic rings. The van der Waals surface area contributed by atoms with Crippen LogP contribution in [0.3, 0.4) is 0 Å². The minimum absolute atomic E-state index is 0.105. The summed E-state index contributed by atoms with van der Waals surface area (Å²) in [7, 11) is 0. The molecule has 0 unspecified atom stereocenters. The van der Waals surface area contributed by atoms with Crippen molar-refractivity contribution in [3.63, 3.8) is 0 Å². The summed E-state index contributed by atoms with van der Waals surface area (Å²) in [5.74, 6) is -0.844. The van der Waals surface area contributed by atoms with Crippen LogP contribution < -0.4 is 4.90 Å². The maximum absolute atomic E-state index is 12.3. The molecule has 1 amide bonds. The van der Waals surface area contributed by atoms with Gasteiger partial charge in [0.2, 0.25) is 5.91 Å². The Kier molecular flexibility index (Phi) is 3.75. The van der Waals surface area contributed by atoms with Crippen LogP contribution in [-0.2, 0) is 17.8 Å². The van der Waals surface area contributed by atoms with Gasteiger partial charge in [0.05, 0.1) is 17.8 Å². The molecule has 108 valence electrons. The van der Waals surface area contributed by atoms with E-state index in [4.69, 9.17) is 5.11 Å². The van der Waals surface area contributed by atoms with E-state index < -0.39 is 5.97 Å². The van der Waals surface area contributed by atoms with Gasteiger partial charge in [-0.15, -0.1) is 11.3 Å². The van der Waals surface area contributed by atoms with Crippen LogP contribution in [0.4, 0.5) is 5.69 Å². The van der Waals surface area contributed by atoms with Crippen molar-refractivity contribution in [1.82, 2.24) is 0 Å². The molecule has 0 aliphatic carbocycles. The molecule has 1 N–H and O–H groups in total. The number of anilines is 1. The molecule has 1 aromatic heterocycles. The summed E-state index contributed by atoms with van der Waals surface area (Å²) in [6.45, 7) is 0.420. The normalized spacial score (nSPS) is 14.7. The number of nitrogens with zero attached hydrogens (tertiary/aromatic N) is 1. The van der Waals surface area contributed by atoms with Crippen molar-refractivity contribution in [3.05, 3.63) is 51.7 Å². The van der Waals surface area contributed by atoms with Crippen molar-refractivity contribution in [2.24, 2.45) is 0 Å². The first-order valence-corrected chi connectivity index (χ1v) is 7.72. The molecule has 2 heterocycles. The van der Waals surface area contributed by atoms with E-state index in [0.717, 1.165) is 24.1 Å². The Morgan fingerprint density at radius 1 is 1.29 bits per heavy atom. The molecular formula is C16H15NO3S. The van der Waals surface area contributed by atoms with Gasteiger partial charge in [-0.1, -0.05) is 12.1 Å². The summed E-state index contributed by atoms with van der Waals surface area (Å²) in [4.78, 5) is 26.4. The monoisotopic (exact) mass is 301 g/mol. The van der Waals surface area contributed by atoms with Crippen LogP contribution in [-0.4, -0.2) is 17.0 Å². The molecule has 2 aromatic rings. The number of hydrogen-bond donors (Lipinski definition) is 1. The van der Waals surface area contributed by atoms with Gasteiger partial charge in [0.15, 0.2) is 0 Å². The number of carboxylic acid groups (broad SMARTS) is 1. The molecule has 1 aliphatic heterocycles. The molecule has 21 heavy (non-hydrogen) atoms. The number of carbonyl (C=O) groups is 2. The topological polar surface area (TPSA) is 57.6 Å². The van der Waals surface area contributed by atoms with Gasteiger partial charge in [-0.3, -0.25) is 4.79 Å². The maximum atomic E-state index is 12.3. The molecule has 0 spiro atoms. The zero-order valence-electron chi connectivity index (χ0n) is 11.4. The first-order valence-electron chi connectivity index (χ1n) is 6.84. The Morgan fingerprint density at radius 3 is 2.95 bits per heavy atom. The average Bonchev–Trinajstić information content (AvgIpc) is 2.88. The summed E-state index contributed by atoms with van der Waals surface area (Å²) < 4.78 is 0. The second kappa shape index (κ2) is 5.69. The number of fused-ring (bicyclic) bond motifs is 1. The molecule has 0 saturated carbocycles. The van der Waals surface area contributed by atoms with Crippen molar-refractivity contribution >= 4 is 28.9 Å². The Hall–Kier alpha value is -2.14. The third-order valence-electron chi connectivity index (χ3n) is 3.62. The van der Waals surface area contributed by atoms with E-state index in [-0.39, 0.29) is 11.5 Å². The van der Waals surface area contributed by atoms with Gasteiger partial charge in [0.1, 0.15) is 0 Å². The third-order valence-corrected chi connectivity index (χ3v) is 4.59. The largest absolute Gasteiger partial charge is 0.478 e. The minimum atomic E-state index is -0.949. The fraction of sp³-hybridized carbons (Fsp3) is 0.250. The Bertz CT molecular complexity index is 692. The molecule has 4 nitrogen and oxygen atoms in total. The van der Waals surface area contributed by atoms with Crippen LogP contribution in [0.25, 0.3) is 0 Å². The summed E-state index contributed by atoms with van der Waals surface area (Å²) in [5.41, 5.74) is 2.06. The number of rotatable bonds is 3. The van der Waals surface area contributed by atoms with Crippen molar-refractivity contribution in [1.29, 1.82) is 0 Å². The van der Waals surface area contributed by atoms with E-state index in [1.165, 1.54) is 4.88 Å². The molecule has 0 atom stereocenters. The Balaban J connectivity index is 1.91. The molecule has 0 saturated heterocycles. The first-order chi connectivity index (χ1) is 10.1. The lowest BCUT2D eigenvalue weighted by Crippen LogP contribution is -2.29. The number of carbonyl (C=O) groups excluding carboxylic acids is 1. The number of amides is 1. The zero-order valence-corrected chi connectivity index (χ0v) is 12.2. The van der Waals surface area contributed by atoms with Gasteiger partial charge in [0.25, 0.3) is 0 Å². The standard InChI is InChI=1S/C16H15NO3S/c18-15-6-2-5-14-13(7-8-21-14)17(15)10-11-3-1-4-12(9-11)16(19)20/h1,3-4,7-9H,2,5-6,10H2,(H,19,20). The minimum Gasteiger partial charge on any atom is -0.478 e. The molecule has 5 heteroatoms. The van der Waals surface area contributed by atoms with Crippen LogP contribution in [0.2, 0.25) is 0 Å². The van der Waals surface area contributed by atoms with E-state index in [9.17, 15) is 9.59 Å². The van der Waals surface area contributed by atoms with Crippen LogP contribution in [0.5, 0.6) is 0 Å². The van der Waals surface area contributed by atoms with Crippen molar-refractivity contribution in [3.8, 4) is 0 Å². The molecule has 3 rings (SSSR count). The lowest BCUT2D eigenvalue weighted by Gasteiger charge is -2.21. The number of benzene rings is 1. The summed E-state index contributed by atoms with van der Waals surface area (Å²) >= 11 is 1.68. The number of hydrogen-bond acceptors (Lipinski definition) is 3. The Labute approximate surface area is 126 Å². The lowest BCUT2D eigenvalue weighted by atomic mass is 10.1. The van der Waals surface area contributed by atoms with Gasteiger partial charge in [-0.2, -0.15) is 0 Å². The van der Waals surface area contributed by atoms with E-state index in [1.54, 1.807) is 34.4 Å². The van der Waals surface area contributed by atoms with E-state index >= 15 is 0 Å². The Morgan fingerprint density at radius 2 is 2.14 bits per heavy atom. The van der Waals surface area contributed by atoms with Gasteiger partial charge >= 0.3 is 5.97 Å². The fourth-order valence-corrected chi connectivity index (χ4v) is 3.51. The van der Waals surface area contributed by atoms with E-state index in [1.807, 2.05) is 17.5 Å². The summed E-state index contributed by atoms with van der Waals surface area (Å²) in [5, 5.41) is 11.1. The zero-order chi connectivity index (χ0) is 14.8. The summed E-state index contributed by atoms with van der Waals surface area (Å²) in [6.07, 6.45) is 2.35. The highest BCUT2D eigenvalue weighted by Gasteiger charge is 2.23. The van der Waals surface area contributed by atoms with Crippen LogP contribution in [0.15, 0.2) is 35.7 Å². The van der Waals surface area contributed by atoms with Gasteiger partial charge in [-0.05, 0) is 42.0 Å². The number of aryl methyl sites for hydroxylation is 1. The number of aromatic carboxylic acids is 1. The van der Waals surface area contributed by atoms with Gasteiger partial charge in [-0.25, -0.2) is 4.79 Å². The quantitative estimate of drug-likeness (QED) is 0.946. The van der Waals surface area contributed by atoms with Crippen molar-refractivity contribution in [2.75, 3.05) is 4.90 Å². The SMILES string of the molecule is O=C(O)c1cccc(CN2C(=O)CCCc3sccc32)c1. The predicted octanol–water partition coefficient (Wildman–Crippen LogP) is 3.32. The van der Waals surface area contributed by atoms with Crippen LogP contribution in [0, 0.1) is 0 Å². The first kappa shape index (κ1) is 13.8. The van der Waals surface area contributed by atoms with Crippen molar-refractivity contribution in [2.45, 2.75) is 25.8 Å². The number of thiophene rings is 1. The molecule has 1 aromatic carbocycles. The predicted molar refractivity (Wildman–Crippen MR) is 81.8 cm³/mol. The van der Waals surface area contributed by atoms with Crippen molar-refractivity contribution < 1.29 is 14.7 Å². The van der Waals surface area contributed by atoms with Gasteiger partial charge < -0.3 is 10.0 Å². The van der Waals surface area contributed by atoms with Gasteiger partial charge in [0, 0.05) is 11.3 Å². The number of carboxylic acids is 1. The molecular weight excluding hydrogens is 286 g/mol. The molecule has 0 bridgehead atoms. The van der Waals surface area contributed by atoms with E-state index in [2.05, 4.69) is 0 Å². The highest BCUT2D eigenvalue weighted by molar-refractivity contribution is 7.10. The summed E-state index contributed by atoms with van der Waals surface area (Å²) in [6, 6.07) is 8.75. The second-order valence-corrected chi connectivity index (χ2v) is 6.07. The highest BCUT2D eigenvalue weighted by atomic mass is 32.1. The fourth-order valence-electron chi connectivity index (χ4n) is 2.59. The highest BCUT2D eigenvalue weighted by Crippen LogP contribution is 2.32. The smallest absolute Gasteiger partial charge is 0.335 e. The third kappa shape index (κ3) is 2.83. The molecule has 0 fully saturated rings. The average molecular weight is 301 g/mol. The maximum Gasteiger partial charge on any atom is 0.335 e. The second-order valence-electron chi connectivity index (χ2n) is 5.07. The molecule has 0 radical (unpaired) electrons. The van der Waals surface area contributed by atoms with Crippen LogP contribution in [0.1, 0.15) is 33.6 Å². The van der Waals surface area contributed by atoms with E-state index in [0.29, 0.717) is 13.0 Å². The lowest BCUT2D eigenvalue weighted by molar-refractivity contribution is -0.118.